The van der Waals surface area contributed by atoms with E-state index in [2.05, 4.69) is 0 Å². The summed E-state index contributed by atoms with van der Waals surface area (Å²) in [4.78, 5) is 21.5. The first-order chi connectivity index (χ1) is 7.43. The summed E-state index contributed by atoms with van der Waals surface area (Å²) in [6.07, 6.45) is 1.33. The van der Waals surface area contributed by atoms with E-state index in [1.807, 2.05) is 0 Å². The number of aliphatic carboxylic acids is 1. The van der Waals surface area contributed by atoms with E-state index < -0.39 is 29.0 Å². The zero-order valence-electron chi connectivity index (χ0n) is 7.91. The number of carbonyl (C=O) groups excluding carboxylic acids is 1. The summed E-state index contributed by atoms with van der Waals surface area (Å²) in [5, 5.41) is 35.7. The lowest BCUT2D eigenvalue weighted by Gasteiger charge is -2.04. The maximum atomic E-state index is 11.3. The summed E-state index contributed by atoms with van der Waals surface area (Å²) in [5.74, 6) is -4.29. The van der Waals surface area contributed by atoms with Crippen molar-refractivity contribution in [3.05, 3.63) is 29.8 Å². The third-order valence-corrected chi connectivity index (χ3v) is 1.77. The highest BCUT2D eigenvalue weighted by Gasteiger charge is 2.15. The average Bonchev–Trinajstić information content (AvgIpc) is 2.23. The summed E-state index contributed by atoms with van der Waals surface area (Å²) >= 11 is 0. The number of aromatic hydroxyl groups is 3. The van der Waals surface area contributed by atoms with E-state index in [1.54, 1.807) is 0 Å². The van der Waals surface area contributed by atoms with E-state index >= 15 is 0 Å². The standard InChI is InChI=1S/C10H8O6/c11-6(3-4-8(13)14)5-1-2-7(12)10(16)9(5)15/h1-4,12,15-16H,(H,13,14)/b4-3+. The molecule has 0 bridgehead atoms. The molecule has 0 aliphatic heterocycles. The van der Waals surface area contributed by atoms with Crippen LogP contribution in [-0.2, 0) is 4.79 Å². The third kappa shape index (κ3) is 2.30. The van der Waals surface area contributed by atoms with Crippen LogP contribution in [0, 0.1) is 0 Å². The lowest BCUT2D eigenvalue weighted by atomic mass is 10.1. The van der Waals surface area contributed by atoms with Crippen LogP contribution < -0.4 is 0 Å². The molecule has 6 nitrogen and oxygen atoms in total. The Morgan fingerprint density at radius 1 is 1.00 bits per heavy atom. The number of phenolic OH excluding ortho intramolecular Hbond substituents is 3. The van der Waals surface area contributed by atoms with Gasteiger partial charge in [-0.15, -0.1) is 0 Å². The number of ketones is 1. The van der Waals surface area contributed by atoms with Crippen molar-refractivity contribution >= 4 is 11.8 Å². The predicted octanol–water partition coefficient (Wildman–Crippen LogP) is 0.627. The van der Waals surface area contributed by atoms with Crippen molar-refractivity contribution in [2.75, 3.05) is 0 Å². The lowest BCUT2D eigenvalue weighted by molar-refractivity contribution is -0.131. The van der Waals surface area contributed by atoms with Crippen LogP contribution in [0.4, 0.5) is 0 Å². The molecule has 0 aliphatic carbocycles. The maximum absolute atomic E-state index is 11.3. The molecule has 0 amide bonds. The Bertz CT molecular complexity index is 474. The second kappa shape index (κ2) is 4.35. The fourth-order valence-electron chi connectivity index (χ4n) is 1.00. The van der Waals surface area contributed by atoms with Gasteiger partial charge in [0.15, 0.2) is 17.3 Å². The average molecular weight is 224 g/mol. The van der Waals surface area contributed by atoms with Gasteiger partial charge in [0.2, 0.25) is 5.75 Å². The Balaban J connectivity index is 3.11. The van der Waals surface area contributed by atoms with Crippen molar-refractivity contribution in [2.45, 2.75) is 0 Å². The largest absolute Gasteiger partial charge is 0.504 e. The molecule has 1 aromatic rings. The van der Waals surface area contributed by atoms with Crippen molar-refractivity contribution in [1.82, 2.24) is 0 Å². The summed E-state index contributed by atoms with van der Waals surface area (Å²) in [6.45, 7) is 0. The van der Waals surface area contributed by atoms with Crippen LogP contribution >= 0.6 is 0 Å². The van der Waals surface area contributed by atoms with E-state index in [1.165, 1.54) is 0 Å². The second-order valence-electron chi connectivity index (χ2n) is 2.87. The van der Waals surface area contributed by atoms with Crippen molar-refractivity contribution in [2.24, 2.45) is 0 Å². The van der Waals surface area contributed by atoms with Crippen LogP contribution in [0.1, 0.15) is 10.4 Å². The number of benzene rings is 1. The molecule has 1 rings (SSSR count). The molecular weight excluding hydrogens is 216 g/mol. The fourth-order valence-corrected chi connectivity index (χ4v) is 1.00. The van der Waals surface area contributed by atoms with Gasteiger partial charge in [-0.3, -0.25) is 4.79 Å². The molecule has 0 aromatic heterocycles. The molecule has 6 heteroatoms. The molecule has 1 aromatic carbocycles. The van der Waals surface area contributed by atoms with E-state index in [0.29, 0.717) is 6.08 Å². The minimum Gasteiger partial charge on any atom is -0.504 e. The molecule has 0 unspecified atom stereocenters. The van der Waals surface area contributed by atoms with Crippen LogP contribution in [-0.4, -0.2) is 32.2 Å². The lowest BCUT2D eigenvalue weighted by Crippen LogP contribution is -1.97. The van der Waals surface area contributed by atoms with Crippen LogP contribution in [0.5, 0.6) is 17.2 Å². The van der Waals surface area contributed by atoms with E-state index in [4.69, 9.17) is 15.3 Å². The highest BCUT2D eigenvalue weighted by molar-refractivity contribution is 6.09. The number of carbonyl (C=O) groups is 2. The van der Waals surface area contributed by atoms with Gasteiger partial charge in [-0.05, 0) is 18.2 Å². The highest BCUT2D eigenvalue weighted by atomic mass is 16.4. The van der Waals surface area contributed by atoms with Crippen molar-refractivity contribution in [1.29, 1.82) is 0 Å². The molecule has 16 heavy (non-hydrogen) atoms. The van der Waals surface area contributed by atoms with Gasteiger partial charge < -0.3 is 20.4 Å². The summed E-state index contributed by atoms with van der Waals surface area (Å²) < 4.78 is 0. The number of carboxylic acid groups (broad SMARTS) is 1. The van der Waals surface area contributed by atoms with Crippen molar-refractivity contribution in [3.63, 3.8) is 0 Å². The molecule has 0 aliphatic rings. The summed E-state index contributed by atoms with van der Waals surface area (Å²) in [5.41, 5.74) is -0.298. The normalized spacial score (nSPS) is 10.5. The molecule has 0 saturated carbocycles. The predicted molar refractivity (Wildman–Crippen MR) is 52.5 cm³/mol. The van der Waals surface area contributed by atoms with Crippen LogP contribution in [0.2, 0.25) is 0 Å². The first-order valence-corrected chi connectivity index (χ1v) is 4.12. The zero-order chi connectivity index (χ0) is 12.3. The minimum absolute atomic E-state index is 0.298. The molecule has 0 atom stereocenters. The molecule has 0 fully saturated rings. The molecule has 4 N–H and O–H groups in total. The smallest absolute Gasteiger partial charge is 0.328 e. The Morgan fingerprint density at radius 3 is 2.19 bits per heavy atom. The number of carboxylic acids is 1. The highest BCUT2D eigenvalue weighted by Crippen LogP contribution is 2.37. The first-order valence-electron chi connectivity index (χ1n) is 4.12. The van der Waals surface area contributed by atoms with Crippen molar-refractivity contribution < 1.29 is 30.0 Å². The topological polar surface area (TPSA) is 115 Å². The van der Waals surface area contributed by atoms with Gasteiger partial charge in [0, 0.05) is 6.08 Å². The fraction of sp³-hybridized carbons (Fsp3) is 0. The molecule has 84 valence electrons. The Kier molecular flexibility index (Phi) is 3.14. The molecular formula is C10H8O6. The summed E-state index contributed by atoms with van der Waals surface area (Å²) in [7, 11) is 0. The second-order valence-corrected chi connectivity index (χ2v) is 2.87. The Labute approximate surface area is 89.7 Å². The van der Waals surface area contributed by atoms with Gasteiger partial charge in [-0.25, -0.2) is 4.79 Å². The minimum atomic E-state index is -1.31. The monoisotopic (exact) mass is 224 g/mol. The zero-order valence-corrected chi connectivity index (χ0v) is 7.91. The maximum Gasteiger partial charge on any atom is 0.328 e. The number of phenols is 3. The first kappa shape index (κ1) is 11.6. The van der Waals surface area contributed by atoms with Gasteiger partial charge in [0.25, 0.3) is 0 Å². The number of hydrogen-bond donors (Lipinski definition) is 4. The van der Waals surface area contributed by atoms with Gasteiger partial charge in [-0.2, -0.15) is 0 Å². The third-order valence-electron chi connectivity index (χ3n) is 1.77. The molecule has 0 spiro atoms. The van der Waals surface area contributed by atoms with Crippen molar-refractivity contribution in [3.8, 4) is 17.2 Å². The Hall–Kier alpha value is -2.50. The Morgan fingerprint density at radius 2 is 1.62 bits per heavy atom. The number of hydrogen-bond acceptors (Lipinski definition) is 5. The molecule has 0 radical (unpaired) electrons. The van der Waals surface area contributed by atoms with E-state index in [0.717, 1.165) is 18.2 Å². The van der Waals surface area contributed by atoms with Gasteiger partial charge in [0.1, 0.15) is 0 Å². The summed E-state index contributed by atoms with van der Waals surface area (Å²) in [6, 6.07) is 2.08. The van der Waals surface area contributed by atoms with Gasteiger partial charge >= 0.3 is 5.97 Å². The van der Waals surface area contributed by atoms with E-state index in [-0.39, 0.29) is 5.56 Å². The van der Waals surface area contributed by atoms with Crippen LogP contribution in [0.25, 0.3) is 0 Å². The van der Waals surface area contributed by atoms with Crippen LogP contribution in [0.3, 0.4) is 0 Å². The number of rotatable bonds is 3. The van der Waals surface area contributed by atoms with Gasteiger partial charge in [-0.1, -0.05) is 0 Å². The van der Waals surface area contributed by atoms with Crippen LogP contribution in [0.15, 0.2) is 24.3 Å². The number of allylic oxidation sites excluding steroid dienone is 1. The molecule has 0 saturated heterocycles. The van der Waals surface area contributed by atoms with Gasteiger partial charge in [0.05, 0.1) is 5.56 Å². The molecule has 0 heterocycles. The van der Waals surface area contributed by atoms with E-state index in [9.17, 15) is 14.7 Å². The quantitative estimate of drug-likeness (QED) is 0.340. The SMILES string of the molecule is O=C(O)/C=C/C(=O)c1ccc(O)c(O)c1O.